The normalized spacial score (nSPS) is 17.6. The van der Waals surface area contributed by atoms with Gasteiger partial charge in [-0.15, -0.1) is 10.2 Å². The van der Waals surface area contributed by atoms with E-state index in [1.54, 1.807) is 17.0 Å². The average Bonchev–Trinajstić information content (AvgIpc) is 3.62. The Morgan fingerprint density at radius 3 is 2.76 bits per heavy atom. The van der Waals surface area contributed by atoms with Gasteiger partial charge in [-0.1, -0.05) is 18.2 Å². The number of aliphatic hydroxyl groups is 1. The molecule has 9 heteroatoms. The highest BCUT2D eigenvalue weighted by molar-refractivity contribution is 9.10. The van der Waals surface area contributed by atoms with Crippen LogP contribution in [0.25, 0.3) is 45.1 Å². The van der Waals surface area contributed by atoms with Crippen molar-refractivity contribution in [3.8, 4) is 34.0 Å². The zero-order valence-electron chi connectivity index (χ0n) is 20.2. The number of benzene rings is 3. The van der Waals surface area contributed by atoms with Gasteiger partial charge in [0.25, 0.3) is 0 Å². The van der Waals surface area contributed by atoms with E-state index in [2.05, 4.69) is 31.4 Å². The fourth-order valence-corrected chi connectivity index (χ4v) is 5.58. The van der Waals surface area contributed by atoms with Crippen LogP contribution in [0.5, 0.6) is 0 Å². The second-order valence-electron chi connectivity index (χ2n) is 9.47. The first-order valence-corrected chi connectivity index (χ1v) is 13.0. The van der Waals surface area contributed by atoms with Crippen molar-refractivity contribution in [2.24, 2.45) is 7.05 Å². The van der Waals surface area contributed by atoms with Gasteiger partial charge < -0.3 is 19.4 Å². The van der Waals surface area contributed by atoms with Crippen molar-refractivity contribution in [1.29, 1.82) is 0 Å². The summed E-state index contributed by atoms with van der Waals surface area (Å²) in [6.07, 6.45) is 4.20. The Balaban J connectivity index is 1.33. The number of oxazole rings is 1. The van der Waals surface area contributed by atoms with Crippen molar-refractivity contribution in [3.05, 3.63) is 76.8 Å². The Kier molecular flexibility index (Phi) is 6.36. The summed E-state index contributed by atoms with van der Waals surface area (Å²) in [6, 6.07) is 16.7. The maximum absolute atomic E-state index is 14.2. The third-order valence-electron chi connectivity index (χ3n) is 6.91. The van der Waals surface area contributed by atoms with Crippen LogP contribution in [0.2, 0.25) is 0 Å². The highest BCUT2D eigenvalue weighted by Gasteiger charge is 2.24. The van der Waals surface area contributed by atoms with Crippen LogP contribution < -0.4 is 5.32 Å². The van der Waals surface area contributed by atoms with Crippen molar-refractivity contribution in [1.82, 2.24) is 25.1 Å². The standard InChI is InChI=1S/C28H25BrFN5O2/c1-35-15-32-34-27(35)21-13-19(30)8-9-20(21)17-4-2-5-18(12-17)28-33-24-11-16(10-22(29)26(24)37-28)14-31-23-6-3-7-25(23)36/h2,4-5,8-13,15,23,25,31,36H,3,6-7,14H2,1H3/t23-,25+/m1/s1. The van der Waals surface area contributed by atoms with Crippen LogP contribution in [0.4, 0.5) is 4.39 Å². The van der Waals surface area contributed by atoms with E-state index in [0.717, 1.165) is 51.5 Å². The zero-order valence-corrected chi connectivity index (χ0v) is 21.7. The molecule has 0 spiro atoms. The lowest BCUT2D eigenvalue weighted by molar-refractivity contribution is 0.148. The molecule has 3 aromatic carbocycles. The molecule has 37 heavy (non-hydrogen) atoms. The van der Waals surface area contributed by atoms with Crippen LogP contribution in [0.15, 0.2) is 69.8 Å². The van der Waals surface area contributed by atoms with Crippen LogP contribution in [0.1, 0.15) is 24.8 Å². The summed E-state index contributed by atoms with van der Waals surface area (Å²) in [5.74, 6) is 0.739. The molecule has 2 aromatic heterocycles. The molecule has 0 amide bonds. The largest absolute Gasteiger partial charge is 0.435 e. The van der Waals surface area contributed by atoms with Crippen LogP contribution >= 0.6 is 15.9 Å². The summed E-state index contributed by atoms with van der Waals surface area (Å²) in [7, 11) is 1.83. The van der Waals surface area contributed by atoms with Crippen molar-refractivity contribution in [2.75, 3.05) is 0 Å². The number of hydrogen-bond acceptors (Lipinski definition) is 6. The molecule has 2 N–H and O–H groups in total. The number of aromatic nitrogens is 4. The first-order valence-electron chi connectivity index (χ1n) is 12.2. The molecule has 1 aliphatic carbocycles. The number of hydrogen-bond donors (Lipinski definition) is 2. The van der Waals surface area contributed by atoms with Gasteiger partial charge in [-0.25, -0.2) is 9.37 Å². The molecule has 2 atom stereocenters. The molecule has 2 heterocycles. The smallest absolute Gasteiger partial charge is 0.227 e. The molecule has 0 radical (unpaired) electrons. The third kappa shape index (κ3) is 4.70. The molecule has 1 saturated carbocycles. The first kappa shape index (κ1) is 24.0. The van der Waals surface area contributed by atoms with E-state index in [1.807, 2.05) is 43.4 Å². The van der Waals surface area contributed by atoms with E-state index in [9.17, 15) is 9.50 Å². The van der Waals surface area contributed by atoms with E-state index in [1.165, 1.54) is 12.1 Å². The highest BCUT2D eigenvalue weighted by atomic mass is 79.9. The molecule has 0 bridgehead atoms. The van der Waals surface area contributed by atoms with Gasteiger partial charge in [-0.05, 0) is 88.3 Å². The van der Waals surface area contributed by atoms with Crippen LogP contribution in [0, 0.1) is 5.82 Å². The second kappa shape index (κ2) is 9.81. The number of nitrogens with zero attached hydrogens (tertiary/aromatic N) is 4. The number of aliphatic hydroxyl groups excluding tert-OH is 1. The number of aryl methyl sites for hydroxylation is 1. The summed E-state index contributed by atoms with van der Waals surface area (Å²) in [6.45, 7) is 0.642. The van der Waals surface area contributed by atoms with E-state index in [0.29, 0.717) is 29.4 Å². The fraction of sp³-hybridized carbons (Fsp3) is 0.250. The topological polar surface area (TPSA) is 89.0 Å². The minimum absolute atomic E-state index is 0.128. The molecule has 7 nitrogen and oxygen atoms in total. The minimum atomic E-state index is -0.338. The van der Waals surface area contributed by atoms with E-state index in [-0.39, 0.29) is 18.0 Å². The summed E-state index contributed by atoms with van der Waals surface area (Å²) in [4.78, 5) is 4.77. The molecule has 188 valence electrons. The van der Waals surface area contributed by atoms with Crippen LogP contribution in [0.3, 0.4) is 0 Å². The maximum Gasteiger partial charge on any atom is 0.227 e. The number of fused-ring (bicyclic) bond motifs is 1. The SMILES string of the molecule is Cn1cnnc1-c1cc(F)ccc1-c1cccc(-c2nc3cc(CN[C@@H]4CCC[C@@H]4O)cc(Br)c3o2)c1. The number of rotatable bonds is 6. The van der Waals surface area contributed by atoms with Gasteiger partial charge in [-0.3, -0.25) is 0 Å². The lowest BCUT2D eigenvalue weighted by Crippen LogP contribution is -2.35. The summed E-state index contributed by atoms with van der Waals surface area (Å²) >= 11 is 3.63. The molecular weight excluding hydrogens is 537 g/mol. The quantitative estimate of drug-likeness (QED) is 0.270. The average molecular weight is 562 g/mol. The molecule has 5 aromatic rings. The molecular formula is C28H25BrFN5O2. The highest BCUT2D eigenvalue weighted by Crippen LogP contribution is 2.35. The summed E-state index contributed by atoms with van der Waals surface area (Å²) in [5.41, 5.74) is 5.67. The Bertz CT molecular complexity index is 1600. The van der Waals surface area contributed by atoms with Crippen LogP contribution in [-0.4, -0.2) is 37.0 Å². The summed E-state index contributed by atoms with van der Waals surface area (Å²) in [5, 5.41) is 21.7. The van der Waals surface area contributed by atoms with Crippen molar-refractivity contribution < 1.29 is 13.9 Å². The predicted octanol–water partition coefficient (Wildman–Crippen LogP) is 5.86. The zero-order chi connectivity index (χ0) is 25.5. The van der Waals surface area contributed by atoms with E-state index < -0.39 is 0 Å². The monoisotopic (exact) mass is 561 g/mol. The van der Waals surface area contributed by atoms with Gasteiger partial charge in [0.05, 0.1) is 10.6 Å². The van der Waals surface area contributed by atoms with E-state index in [4.69, 9.17) is 9.40 Å². The Labute approximate surface area is 221 Å². The Hall–Kier alpha value is -3.40. The molecule has 0 aliphatic heterocycles. The first-order chi connectivity index (χ1) is 18.0. The van der Waals surface area contributed by atoms with Gasteiger partial charge in [0.2, 0.25) is 5.89 Å². The lowest BCUT2D eigenvalue weighted by atomic mass is 9.97. The van der Waals surface area contributed by atoms with Gasteiger partial charge in [0.15, 0.2) is 11.4 Å². The second-order valence-corrected chi connectivity index (χ2v) is 10.3. The maximum atomic E-state index is 14.2. The molecule has 0 saturated heterocycles. The third-order valence-corrected chi connectivity index (χ3v) is 7.50. The number of halogens is 2. The summed E-state index contributed by atoms with van der Waals surface area (Å²) < 4.78 is 22.9. The van der Waals surface area contributed by atoms with Gasteiger partial charge in [-0.2, -0.15) is 0 Å². The van der Waals surface area contributed by atoms with Gasteiger partial charge in [0.1, 0.15) is 17.7 Å². The number of nitrogens with one attached hydrogen (secondary N) is 1. The molecule has 1 aliphatic rings. The molecule has 1 fully saturated rings. The van der Waals surface area contributed by atoms with Crippen molar-refractivity contribution >= 4 is 27.0 Å². The van der Waals surface area contributed by atoms with Crippen molar-refractivity contribution in [3.63, 3.8) is 0 Å². The minimum Gasteiger partial charge on any atom is -0.435 e. The van der Waals surface area contributed by atoms with Crippen molar-refractivity contribution in [2.45, 2.75) is 38.0 Å². The lowest BCUT2D eigenvalue weighted by Gasteiger charge is -2.16. The Morgan fingerprint density at radius 2 is 1.97 bits per heavy atom. The van der Waals surface area contributed by atoms with E-state index >= 15 is 0 Å². The fourth-order valence-electron chi connectivity index (χ4n) is 5.00. The van der Waals surface area contributed by atoms with Gasteiger partial charge in [0, 0.05) is 30.8 Å². The Morgan fingerprint density at radius 1 is 1.11 bits per heavy atom. The predicted molar refractivity (Wildman–Crippen MR) is 143 cm³/mol. The van der Waals surface area contributed by atoms with Gasteiger partial charge >= 0.3 is 0 Å². The molecule has 0 unspecified atom stereocenters. The molecule has 6 rings (SSSR count). The van der Waals surface area contributed by atoms with Crippen LogP contribution in [-0.2, 0) is 13.6 Å².